The number of aromatic carboxylic acids is 1. The number of piperazine rings is 1. The summed E-state index contributed by atoms with van der Waals surface area (Å²) >= 11 is 5.35. The van der Waals surface area contributed by atoms with Crippen LogP contribution in [0.15, 0.2) is 17.2 Å². The van der Waals surface area contributed by atoms with E-state index in [0.717, 1.165) is 4.90 Å². The Hall–Kier alpha value is -3.12. The van der Waals surface area contributed by atoms with Crippen LogP contribution in [-0.2, 0) is 16.1 Å². The highest BCUT2D eigenvalue weighted by Crippen LogP contribution is 2.10. The first-order valence-electron chi connectivity index (χ1n) is 10.0. The second-order valence-electron chi connectivity index (χ2n) is 6.93. The quantitative estimate of drug-likeness (QED) is 0.359. The lowest BCUT2D eigenvalue weighted by Gasteiger charge is -2.32. The van der Waals surface area contributed by atoms with E-state index >= 15 is 0 Å². The first kappa shape index (κ1) is 22.6. The molecule has 2 aromatic heterocycles. The monoisotopic (exact) mass is 448 g/mol. The Balaban J connectivity index is 1.72. The van der Waals surface area contributed by atoms with Crippen molar-refractivity contribution in [2.24, 2.45) is 0 Å². The van der Waals surface area contributed by atoms with Gasteiger partial charge in [0, 0.05) is 18.9 Å². The van der Waals surface area contributed by atoms with Crippen LogP contribution in [0.1, 0.15) is 24.2 Å². The highest BCUT2D eigenvalue weighted by molar-refractivity contribution is 7.80. The molecule has 12 heteroatoms. The van der Waals surface area contributed by atoms with Crippen molar-refractivity contribution in [2.45, 2.75) is 20.4 Å². The summed E-state index contributed by atoms with van der Waals surface area (Å²) < 4.78 is 6.49. The van der Waals surface area contributed by atoms with Crippen LogP contribution in [0.3, 0.4) is 0 Å². The molecule has 0 bridgehead atoms. The minimum absolute atomic E-state index is 0.0237. The number of fused-ring (bicyclic) bond motifs is 1. The molecule has 3 rings (SSSR count). The maximum atomic E-state index is 12.4. The number of carboxylic acids is 1. The van der Waals surface area contributed by atoms with Crippen LogP contribution in [0.5, 0.6) is 0 Å². The minimum atomic E-state index is -1.52. The molecule has 31 heavy (non-hydrogen) atoms. The van der Waals surface area contributed by atoms with Gasteiger partial charge in [0.05, 0.1) is 36.6 Å². The van der Waals surface area contributed by atoms with E-state index in [0.29, 0.717) is 56.0 Å². The summed E-state index contributed by atoms with van der Waals surface area (Å²) in [7, 11) is 0. The molecule has 3 heterocycles. The predicted molar refractivity (Wildman–Crippen MR) is 113 cm³/mol. The largest absolute Gasteiger partial charge is 0.545 e. The van der Waals surface area contributed by atoms with Crippen molar-refractivity contribution in [1.29, 1.82) is 0 Å². The van der Waals surface area contributed by atoms with Gasteiger partial charge >= 0.3 is 11.9 Å². The average molecular weight is 449 g/mol. The number of carboxylic acid groups (broad SMARTS) is 1. The highest BCUT2D eigenvalue weighted by Gasteiger charge is 2.26. The third kappa shape index (κ3) is 4.97. The Morgan fingerprint density at radius 2 is 2.03 bits per heavy atom. The van der Waals surface area contributed by atoms with Crippen LogP contribution < -0.4 is 20.8 Å². The molecule has 0 unspecified atom stereocenters. The number of quaternary nitrogens is 1. The van der Waals surface area contributed by atoms with E-state index in [1.807, 2.05) is 11.8 Å². The second-order valence-corrected chi connectivity index (χ2v) is 7.32. The first-order chi connectivity index (χ1) is 14.8. The Labute approximate surface area is 183 Å². The number of carbonyl (C=O) groups excluding carboxylic acids is 2. The fourth-order valence-electron chi connectivity index (χ4n) is 3.40. The maximum Gasteiger partial charge on any atom is 0.329 e. The van der Waals surface area contributed by atoms with E-state index in [9.17, 15) is 19.5 Å². The van der Waals surface area contributed by atoms with Crippen LogP contribution in [0.4, 0.5) is 5.95 Å². The van der Waals surface area contributed by atoms with Gasteiger partial charge in [0.25, 0.3) is 0 Å². The smallest absolute Gasteiger partial charge is 0.329 e. The first-order valence-corrected chi connectivity index (χ1v) is 10.4. The van der Waals surface area contributed by atoms with E-state index in [1.54, 1.807) is 11.5 Å². The zero-order valence-electron chi connectivity index (χ0n) is 17.3. The number of pyridine rings is 1. The Morgan fingerprint density at radius 1 is 1.32 bits per heavy atom. The Kier molecular flexibility index (Phi) is 7.13. The molecule has 0 aliphatic carbocycles. The van der Waals surface area contributed by atoms with Gasteiger partial charge in [0.15, 0.2) is 10.8 Å². The molecule has 2 N–H and O–H groups in total. The lowest BCUT2D eigenvalue weighted by molar-refractivity contribution is -0.842. The molecule has 11 nitrogen and oxygen atoms in total. The fraction of sp³-hybridized carbons (Fsp3) is 0.474. The minimum Gasteiger partial charge on any atom is -0.545 e. The third-order valence-corrected chi connectivity index (χ3v) is 5.44. The molecule has 1 saturated heterocycles. The molecular formula is C19H24N6O5S. The van der Waals surface area contributed by atoms with Crippen LogP contribution in [0, 0.1) is 0 Å². The highest BCUT2D eigenvalue weighted by atomic mass is 32.1. The summed E-state index contributed by atoms with van der Waals surface area (Å²) in [4.78, 5) is 47.0. The van der Waals surface area contributed by atoms with Crippen molar-refractivity contribution in [3.05, 3.63) is 28.2 Å². The number of nitrogens with one attached hydrogen (secondary N) is 2. The number of hydrogen-bond acceptors (Lipinski definition) is 8. The predicted octanol–water partition coefficient (Wildman–Crippen LogP) is -2.56. The summed E-state index contributed by atoms with van der Waals surface area (Å²) in [6.07, 6.45) is 2.64. The van der Waals surface area contributed by atoms with Gasteiger partial charge in [-0.15, -0.1) is 0 Å². The average Bonchev–Trinajstić information content (AvgIpc) is 2.77. The second kappa shape index (κ2) is 9.79. The lowest BCUT2D eigenvalue weighted by atomic mass is 10.2. The van der Waals surface area contributed by atoms with Crippen LogP contribution in [0.2, 0.25) is 0 Å². The molecule has 1 aliphatic heterocycles. The van der Waals surface area contributed by atoms with Gasteiger partial charge in [0.1, 0.15) is 19.6 Å². The van der Waals surface area contributed by atoms with E-state index in [4.69, 9.17) is 17.0 Å². The lowest BCUT2D eigenvalue weighted by Crippen LogP contribution is -3.11. The van der Waals surface area contributed by atoms with E-state index in [1.165, 1.54) is 12.4 Å². The number of carbonyl (C=O) groups is 2. The van der Waals surface area contributed by atoms with Gasteiger partial charge < -0.3 is 29.4 Å². The normalized spacial score (nSPS) is 14.5. The van der Waals surface area contributed by atoms with Crippen LogP contribution in [-0.4, -0.2) is 75.8 Å². The Bertz CT molecular complexity index is 1060. The molecule has 166 valence electrons. The van der Waals surface area contributed by atoms with Gasteiger partial charge in [-0.05, 0) is 26.1 Å². The summed E-state index contributed by atoms with van der Waals surface area (Å²) in [5, 5.41) is 14.8. The summed E-state index contributed by atoms with van der Waals surface area (Å²) in [6, 6.07) is 0. The summed E-state index contributed by atoms with van der Waals surface area (Å²) in [5.41, 5.74) is -0.663. The number of aryl methyl sites for hydroxylation is 1. The summed E-state index contributed by atoms with van der Waals surface area (Å²) in [6.45, 7) is 6.97. The van der Waals surface area contributed by atoms with Crippen molar-refractivity contribution in [2.75, 3.05) is 39.3 Å². The summed E-state index contributed by atoms with van der Waals surface area (Å²) in [5.74, 6) is -1.35. The van der Waals surface area contributed by atoms with Gasteiger partial charge in [-0.3, -0.25) is 14.5 Å². The number of hydrogen-bond donors (Lipinski definition) is 2. The third-order valence-electron chi connectivity index (χ3n) is 5.04. The number of rotatable bonds is 6. The molecule has 0 saturated carbocycles. The molecule has 0 amide bonds. The standard InChI is InChI=1S/C19H24N6O5S/c1-3-23-11-13(17(28)29)15(27)12-9-20-18(22-16(12)23)24-5-7-25(8-6-24)19(31)21-10-14(26)30-4-2/h9,11H,3-8,10H2,1-2H3,(H,21,31)(H,28,29). The molecule has 1 aliphatic rings. The fourth-order valence-corrected chi connectivity index (χ4v) is 3.66. The molecule has 2 aromatic rings. The number of ether oxygens (including phenoxy) is 1. The van der Waals surface area contributed by atoms with Crippen molar-refractivity contribution in [3.63, 3.8) is 0 Å². The SMILES string of the molecule is CCOC(=O)CNC(=S)N1CC[NH+](c2ncc3c(=O)c(C(=O)[O-])cn(CC)c3n2)CC1. The number of aromatic nitrogens is 3. The van der Waals surface area contributed by atoms with E-state index in [-0.39, 0.29) is 17.9 Å². The van der Waals surface area contributed by atoms with Crippen molar-refractivity contribution < 1.29 is 24.3 Å². The van der Waals surface area contributed by atoms with E-state index < -0.39 is 17.0 Å². The zero-order valence-corrected chi connectivity index (χ0v) is 18.2. The van der Waals surface area contributed by atoms with Gasteiger partial charge in [-0.2, -0.15) is 9.97 Å². The zero-order chi connectivity index (χ0) is 22.5. The van der Waals surface area contributed by atoms with Crippen molar-refractivity contribution in [3.8, 4) is 0 Å². The van der Waals surface area contributed by atoms with E-state index in [2.05, 4.69) is 15.3 Å². The molecule has 1 fully saturated rings. The molecular weight excluding hydrogens is 424 g/mol. The topological polar surface area (TPSA) is 134 Å². The van der Waals surface area contributed by atoms with Crippen LogP contribution >= 0.6 is 12.2 Å². The maximum absolute atomic E-state index is 12.4. The number of esters is 1. The van der Waals surface area contributed by atoms with Gasteiger partial charge in [-0.1, -0.05) is 0 Å². The van der Waals surface area contributed by atoms with Gasteiger partial charge in [-0.25, -0.2) is 0 Å². The molecule has 0 radical (unpaired) electrons. The Morgan fingerprint density at radius 3 is 2.65 bits per heavy atom. The van der Waals surface area contributed by atoms with Crippen LogP contribution in [0.25, 0.3) is 11.0 Å². The molecule has 0 aromatic carbocycles. The number of nitrogens with zero attached hydrogens (tertiary/aromatic N) is 4. The molecule has 0 spiro atoms. The van der Waals surface area contributed by atoms with Gasteiger partial charge in [0.2, 0.25) is 5.43 Å². The molecule has 0 atom stereocenters. The van der Waals surface area contributed by atoms with Crippen molar-refractivity contribution in [1.82, 2.24) is 24.8 Å². The van der Waals surface area contributed by atoms with Crippen molar-refractivity contribution >= 4 is 46.3 Å². The number of thiocarbonyl (C=S) groups is 1.